The predicted octanol–water partition coefficient (Wildman–Crippen LogP) is 2.22. The largest absolute Gasteiger partial charge is 0.339 e. The van der Waals surface area contributed by atoms with E-state index in [1.807, 2.05) is 4.90 Å². The van der Waals surface area contributed by atoms with Crippen molar-refractivity contribution in [3.05, 3.63) is 30.1 Å². The van der Waals surface area contributed by atoms with E-state index in [-0.39, 0.29) is 29.7 Å². The van der Waals surface area contributed by atoms with Gasteiger partial charge in [0.25, 0.3) is 0 Å². The quantitative estimate of drug-likeness (QED) is 0.749. The first-order valence-electron chi connectivity index (χ1n) is 12.0. The lowest BCUT2D eigenvalue weighted by molar-refractivity contribution is -0.144. The average Bonchev–Trinajstić information content (AvgIpc) is 3.34. The monoisotopic (exact) mass is 459 g/mol. The Bertz CT molecular complexity index is 859. The molecule has 0 spiro atoms. The van der Waals surface area contributed by atoms with Gasteiger partial charge in [0.05, 0.1) is 6.04 Å². The van der Waals surface area contributed by atoms with Crippen molar-refractivity contribution >= 4 is 23.5 Å². The normalized spacial score (nSPS) is 21.2. The van der Waals surface area contributed by atoms with Gasteiger partial charge in [0.1, 0.15) is 5.82 Å². The molecule has 0 aromatic heterocycles. The molecule has 2 aliphatic heterocycles. The Morgan fingerprint density at radius 2 is 1.52 bits per heavy atom. The number of carbonyl (C=O) groups excluding carboxylic acids is 3. The van der Waals surface area contributed by atoms with E-state index < -0.39 is 0 Å². The standard InChI is InChI=1S/C24H34FN5O3/c1-18(31)27-9-13-29(14-10-27)23(32)22(19-5-2-3-6-19)28-11-15-30(16-12-28)24(33)26-21-8-4-7-20(25)17-21/h4,7-8,17,19,22H,2-3,5-6,9-16H2,1H3,(H,26,33)/t22-/m0/s1. The van der Waals surface area contributed by atoms with Crippen LogP contribution in [0.15, 0.2) is 24.3 Å². The van der Waals surface area contributed by atoms with Gasteiger partial charge in [-0.15, -0.1) is 0 Å². The molecule has 0 bridgehead atoms. The van der Waals surface area contributed by atoms with Gasteiger partial charge in [0, 0.05) is 65.0 Å². The van der Waals surface area contributed by atoms with Crippen LogP contribution in [-0.4, -0.2) is 95.8 Å². The lowest BCUT2D eigenvalue weighted by atomic mass is 9.94. The van der Waals surface area contributed by atoms with Crippen molar-refractivity contribution in [1.82, 2.24) is 19.6 Å². The molecular weight excluding hydrogens is 425 g/mol. The van der Waals surface area contributed by atoms with Crippen LogP contribution in [0.3, 0.4) is 0 Å². The predicted molar refractivity (Wildman–Crippen MR) is 123 cm³/mol. The zero-order valence-corrected chi connectivity index (χ0v) is 19.3. The van der Waals surface area contributed by atoms with Gasteiger partial charge < -0.3 is 20.0 Å². The van der Waals surface area contributed by atoms with E-state index in [1.54, 1.807) is 28.9 Å². The van der Waals surface area contributed by atoms with Crippen molar-refractivity contribution in [2.45, 2.75) is 38.6 Å². The van der Waals surface area contributed by atoms with Crippen molar-refractivity contribution in [3.8, 4) is 0 Å². The minimum Gasteiger partial charge on any atom is -0.339 e. The highest BCUT2D eigenvalue weighted by atomic mass is 19.1. The molecule has 9 heteroatoms. The first-order valence-corrected chi connectivity index (χ1v) is 12.0. The summed E-state index contributed by atoms with van der Waals surface area (Å²) < 4.78 is 13.4. The van der Waals surface area contributed by atoms with Crippen LogP contribution in [0.1, 0.15) is 32.6 Å². The van der Waals surface area contributed by atoms with Gasteiger partial charge in [-0.2, -0.15) is 0 Å². The summed E-state index contributed by atoms with van der Waals surface area (Å²) in [7, 11) is 0. The average molecular weight is 460 g/mol. The molecular formula is C24H34FN5O3. The Kier molecular flexibility index (Phi) is 7.47. The van der Waals surface area contributed by atoms with E-state index in [0.29, 0.717) is 64.0 Å². The number of amides is 4. The molecule has 1 atom stereocenters. The maximum Gasteiger partial charge on any atom is 0.321 e. The molecule has 4 amide bonds. The molecule has 1 aliphatic carbocycles. The second-order valence-corrected chi connectivity index (χ2v) is 9.28. The summed E-state index contributed by atoms with van der Waals surface area (Å²) in [5, 5.41) is 2.76. The van der Waals surface area contributed by atoms with Crippen LogP contribution in [-0.2, 0) is 9.59 Å². The number of nitrogens with zero attached hydrogens (tertiary/aromatic N) is 4. The maximum atomic E-state index is 13.6. The number of hydrogen-bond donors (Lipinski definition) is 1. The number of benzene rings is 1. The SMILES string of the molecule is CC(=O)N1CCN(C(=O)[C@H](C2CCCC2)N2CCN(C(=O)Nc3cccc(F)c3)CC2)CC1. The zero-order chi connectivity index (χ0) is 23.4. The molecule has 4 rings (SSSR count). The molecule has 1 N–H and O–H groups in total. The van der Waals surface area contributed by atoms with Crippen LogP contribution in [0.25, 0.3) is 0 Å². The van der Waals surface area contributed by atoms with Crippen LogP contribution in [0.2, 0.25) is 0 Å². The highest BCUT2D eigenvalue weighted by Gasteiger charge is 2.40. The third-order valence-electron chi connectivity index (χ3n) is 7.21. The molecule has 0 unspecified atom stereocenters. The van der Waals surface area contributed by atoms with Gasteiger partial charge in [-0.25, -0.2) is 9.18 Å². The maximum absolute atomic E-state index is 13.6. The Labute approximate surface area is 194 Å². The third-order valence-corrected chi connectivity index (χ3v) is 7.21. The Morgan fingerprint density at radius 3 is 2.12 bits per heavy atom. The molecule has 0 radical (unpaired) electrons. The lowest BCUT2D eigenvalue weighted by Gasteiger charge is -2.43. The molecule has 2 saturated heterocycles. The van der Waals surface area contributed by atoms with Gasteiger partial charge in [0.2, 0.25) is 11.8 Å². The molecule has 180 valence electrons. The Hall–Kier alpha value is -2.68. The molecule has 2 heterocycles. The van der Waals surface area contributed by atoms with Crippen molar-refractivity contribution in [2.24, 2.45) is 5.92 Å². The fourth-order valence-corrected chi connectivity index (χ4v) is 5.33. The fraction of sp³-hybridized carbons (Fsp3) is 0.625. The van der Waals surface area contributed by atoms with E-state index in [1.165, 1.54) is 12.1 Å². The molecule has 3 fully saturated rings. The van der Waals surface area contributed by atoms with Crippen LogP contribution in [0.4, 0.5) is 14.9 Å². The van der Waals surface area contributed by atoms with E-state index in [9.17, 15) is 18.8 Å². The van der Waals surface area contributed by atoms with E-state index >= 15 is 0 Å². The van der Waals surface area contributed by atoms with Crippen molar-refractivity contribution in [3.63, 3.8) is 0 Å². The summed E-state index contributed by atoms with van der Waals surface area (Å²) in [6, 6.07) is 5.46. The van der Waals surface area contributed by atoms with Gasteiger partial charge in [0.15, 0.2) is 0 Å². The summed E-state index contributed by atoms with van der Waals surface area (Å²) in [5.74, 6) is 0.181. The number of carbonyl (C=O) groups is 3. The zero-order valence-electron chi connectivity index (χ0n) is 19.3. The van der Waals surface area contributed by atoms with Crippen molar-refractivity contribution < 1.29 is 18.8 Å². The van der Waals surface area contributed by atoms with Crippen LogP contribution in [0, 0.1) is 11.7 Å². The topological polar surface area (TPSA) is 76.2 Å². The number of rotatable bonds is 4. The summed E-state index contributed by atoms with van der Waals surface area (Å²) >= 11 is 0. The number of halogens is 1. The van der Waals surface area contributed by atoms with Crippen LogP contribution in [0.5, 0.6) is 0 Å². The number of nitrogens with one attached hydrogen (secondary N) is 1. The molecule has 8 nitrogen and oxygen atoms in total. The van der Waals surface area contributed by atoms with Gasteiger partial charge >= 0.3 is 6.03 Å². The summed E-state index contributed by atoms with van der Waals surface area (Å²) in [6.45, 7) is 6.23. The van der Waals surface area contributed by atoms with Crippen LogP contribution < -0.4 is 5.32 Å². The van der Waals surface area contributed by atoms with Crippen LogP contribution >= 0.6 is 0 Å². The molecule has 1 saturated carbocycles. The lowest BCUT2D eigenvalue weighted by Crippen LogP contribution is -2.61. The molecule has 1 aromatic carbocycles. The van der Waals surface area contributed by atoms with Gasteiger partial charge in [-0.3, -0.25) is 14.5 Å². The first-order chi connectivity index (χ1) is 15.9. The van der Waals surface area contributed by atoms with Gasteiger partial charge in [-0.1, -0.05) is 18.9 Å². The first kappa shape index (κ1) is 23.5. The summed E-state index contributed by atoms with van der Waals surface area (Å²) in [6.07, 6.45) is 4.43. The number of anilines is 1. The van der Waals surface area contributed by atoms with Crippen molar-refractivity contribution in [1.29, 1.82) is 0 Å². The van der Waals surface area contributed by atoms with Gasteiger partial charge in [-0.05, 0) is 37.0 Å². The third kappa shape index (κ3) is 5.63. The summed E-state index contributed by atoms with van der Waals surface area (Å²) in [5.41, 5.74) is 0.436. The molecule has 33 heavy (non-hydrogen) atoms. The second kappa shape index (κ2) is 10.5. The Balaban J connectivity index is 1.36. The molecule has 3 aliphatic rings. The van der Waals surface area contributed by atoms with Crippen molar-refractivity contribution in [2.75, 3.05) is 57.7 Å². The van der Waals surface area contributed by atoms with E-state index in [4.69, 9.17) is 0 Å². The fourth-order valence-electron chi connectivity index (χ4n) is 5.33. The number of urea groups is 1. The highest BCUT2D eigenvalue weighted by molar-refractivity contribution is 5.89. The minimum absolute atomic E-state index is 0.0575. The number of piperazine rings is 2. The van der Waals surface area contributed by atoms with E-state index in [2.05, 4.69) is 10.2 Å². The highest BCUT2D eigenvalue weighted by Crippen LogP contribution is 2.32. The Morgan fingerprint density at radius 1 is 0.909 bits per heavy atom. The number of hydrogen-bond acceptors (Lipinski definition) is 4. The minimum atomic E-state index is -0.389. The smallest absolute Gasteiger partial charge is 0.321 e. The molecule has 1 aromatic rings. The summed E-state index contributed by atoms with van der Waals surface area (Å²) in [4.78, 5) is 45.6. The van der Waals surface area contributed by atoms with E-state index in [0.717, 1.165) is 25.7 Å². The second-order valence-electron chi connectivity index (χ2n) is 9.28.